The zero-order valence-corrected chi connectivity index (χ0v) is 20.5. The Kier molecular flexibility index (Phi) is 7.47. The first kappa shape index (κ1) is 26.9. The van der Waals surface area contributed by atoms with E-state index in [0.717, 1.165) is 25.9 Å². The second-order valence-corrected chi connectivity index (χ2v) is 9.01. The zero-order valence-electron chi connectivity index (χ0n) is 19.0. The summed E-state index contributed by atoms with van der Waals surface area (Å²) in [7, 11) is 0. The van der Waals surface area contributed by atoms with Gasteiger partial charge in [-0.15, -0.1) is 5.10 Å². The van der Waals surface area contributed by atoms with Crippen LogP contribution in [0.2, 0.25) is 10.0 Å². The van der Waals surface area contributed by atoms with Crippen LogP contribution in [0.25, 0.3) is 16.9 Å². The molecule has 2 aromatic heterocycles. The third-order valence-electron chi connectivity index (χ3n) is 5.42. The summed E-state index contributed by atoms with van der Waals surface area (Å²) in [4.78, 5) is 17.4. The minimum atomic E-state index is -4.95. The second kappa shape index (κ2) is 10.3. The number of alkyl halides is 3. The van der Waals surface area contributed by atoms with E-state index in [-0.39, 0.29) is 34.6 Å². The van der Waals surface area contributed by atoms with Crippen LogP contribution < -0.4 is 5.69 Å². The molecule has 0 spiro atoms. The minimum Gasteiger partial charge on any atom is -0.385 e. The Morgan fingerprint density at radius 2 is 1.76 bits per heavy atom. The van der Waals surface area contributed by atoms with Gasteiger partial charge in [-0.1, -0.05) is 35.3 Å². The molecule has 4 rings (SSSR count). The molecule has 2 aromatic carbocycles. The molecule has 0 bridgehead atoms. The molecule has 0 fully saturated rings. The maximum atomic E-state index is 13.9. The van der Waals surface area contributed by atoms with Crippen molar-refractivity contribution in [3.8, 4) is 16.9 Å². The molecular weight excluding hydrogens is 541 g/mol. The van der Waals surface area contributed by atoms with Crippen molar-refractivity contribution in [3.05, 3.63) is 86.7 Å². The summed E-state index contributed by atoms with van der Waals surface area (Å²) in [5.74, 6) is -0.618. The van der Waals surface area contributed by atoms with Crippen molar-refractivity contribution < 1.29 is 27.8 Å². The first-order valence-electron chi connectivity index (χ1n) is 10.7. The van der Waals surface area contributed by atoms with E-state index in [1.165, 1.54) is 43.5 Å². The maximum absolute atomic E-state index is 13.9. The Hall–Kier alpha value is -3.19. The number of halogens is 6. The quantitative estimate of drug-likeness (QED) is 0.328. The highest BCUT2D eigenvalue weighted by molar-refractivity contribution is 6.32. The van der Waals surface area contributed by atoms with Crippen LogP contribution in [0.5, 0.6) is 0 Å². The lowest BCUT2D eigenvalue weighted by atomic mass is 10.1. The zero-order chi connectivity index (χ0) is 27.1. The third kappa shape index (κ3) is 5.72. The fraction of sp³-hybridized carbons (Fsp3) is 0.261. The van der Waals surface area contributed by atoms with Crippen molar-refractivity contribution in [2.24, 2.45) is 0 Å². The fourth-order valence-corrected chi connectivity index (χ4v) is 3.96. The molecule has 2 atom stereocenters. The minimum absolute atomic E-state index is 0.000370. The van der Waals surface area contributed by atoms with Gasteiger partial charge in [0.05, 0.1) is 29.5 Å². The number of hydrogen-bond donors (Lipinski definition) is 2. The molecule has 0 saturated heterocycles. The molecule has 2 N–H and O–H groups in total. The maximum Gasteiger partial charge on any atom is 0.416 e. The fourth-order valence-electron chi connectivity index (χ4n) is 3.63. The van der Waals surface area contributed by atoms with Gasteiger partial charge in [0.1, 0.15) is 11.9 Å². The summed E-state index contributed by atoms with van der Waals surface area (Å²) < 4.78 is 56.1. The van der Waals surface area contributed by atoms with Gasteiger partial charge >= 0.3 is 11.9 Å². The number of benzene rings is 2. The molecule has 0 aliphatic heterocycles. The number of aliphatic hydroxyl groups is 2. The molecule has 0 aliphatic carbocycles. The summed E-state index contributed by atoms with van der Waals surface area (Å²) in [5, 5.41) is 24.6. The third-order valence-corrected chi connectivity index (χ3v) is 5.99. The van der Waals surface area contributed by atoms with Crippen LogP contribution >= 0.6 is 23.2 Å². The van der Waals surface area contributed by atoms with Crippen LogP contribution in [-0.4, -0.2) is 46.4 Å². The Morgan fingerprint density at radius 3 is 2.38 bits per heavy atom. The monoisotopic (exact) mass is 559 g/mol. The highest BCUT2D eigenvalue weighted by atomic mass is 35.5. The predicted molar refractivity (Wildman–Crippen MR) is 127 cm³/mol. The average molecular weight is 560 g/mol. The van der Waals surface area contributed by atoms with Gasteiger partial charge in [-0.2, -0.15) is 13.2 Å². The van der Waals surface area contributed by atoms with E-state index in [2.05, 4.69) is 10.1 Å². The van der Waals surface area contributed by atoms with Crippen molar-refractivity contribution in [2.45, 2.75) is 38.4 Å². The molecule has 0 amide bonds. The summed E-state index contributed by atoms with van der Waals surface area (Å²) >= 11 is 12.1. The Labute approximate surface area is 216 Å². The standard InChI is InChI=1S/C23H19Cl2F4N5O3/c1-12(35)21-30-20(31-34(21)17-8-15(26)6-7-16(17)25)11-32-9-18(13-2-4-14(24)5-3-13)33(22(32)37)10-19(36)23(27,28)29/h2-9,12,19,35-36H,10-11H2,1H3/t12-,19-/m0/s1. The molecule has 37 heavy (non-hydrogen) atoms. The van der Waals surface area contributed by atoms with Crippen molar-refractivity contribution in [2.75, 3.05) is 0 Å². The van der Waals surface area contributed by atoms with Gasteiger partial charge in [-0.25, -0.2) is 18.9 Å². The topological polar surface area (TPSA) is 98.1 Å². The van der Waals surface area contributed by atoms with E-state index in [9.17, 15) is 32.6 Å². The summed E-state index contributed by atoms with van der Waals surface area (Å²) in [6.07, 6.45) is -7.60. The van der Waals surface area contributed by atoms with Gasteiger partial charge in [0, 0.05) is 17.3 Å². The second-order valence-electron chi connectivity index (χ2n) is 8.17. The Morgan fingerprint density at radius 1 is 1.08 bits per heavy atom. The van der Waals surface area contributed by atoms with Gasteiger partial charge in [-0.3, -0.25) is 9.13 Å². The van der Waals surface area contributed by atoms with Crippen molar-refractivity contribution in [1.82, 2.24) is 23.9 Å². The van der Waals surface area contributed by atoms with Crippen LogP contribution in [-0.2, 0) is 13.1 Å². The largest absolute Gasteiger partial charge is 0.416 e. The smallest absolute Gasteiger partial charge is 0.385 e. The number of imidazole rings is 1. The molecule has 196 valence electrons. The lowest BCUT2D eigenvalue weighted by Gasteiger charge is -2.16. The summed E-state index contributed by atoms with van der Waals surface area (Å²) in [5.41, 5.74) is -0.305. The van der Waals surface area contributed by atoms with E-state index in [0.29, 0.717) is 10.6 Å². The van der Waals surface area contributed by atoms with Crippen molar-refractivity contribution in [1.29, 1.82) is 0 Å². The number of aromatic nitrogens is 5. The Balaban J connectivity index is 1.79. The van der Waals surface area contributed by atoms with Gasteiger partial charge in [0.15, 0.2) is 17.8 Å². The lowest BCUT2D eigenvalue weighted by molar-refractivity contribution is -0.207. The van der Waals surface area contributed by atoms with Crippen molar-refractivity contribution in [3.63, 3.8) is 0 Å². The Bertz CT molecular complexity index is 1480. The highest BCUT2D eigenvalue weighted by Gasteiger charge is 2.39. The van der Waals surface area contributed by atoms with Gasteiger partial charge in [0.2, 0.25) is 0 Å². The SMILES string of the molecule is C[C@H](O)c1nc(Cn2cc(-c3ccc(Cl)cc3)n(C[C@H](O)C(F)(F)F)c2=O)nn1-c1cc(F)ccc1Cl. The normalized spacial score (nSPS) is 13.6. The molecule has 0 saturated carbocycles. The van der Waals surface area contributed by atoms with Gasteiger partial charge < -0.3 is 10.2 Å². The van der Waals surface area contributed by atoms with E-state index in [1.807, 2.05) is 0 Å². The van der Waals surface area contributed by atoms with E-state index >= 15 is 0 Å². The van der Waals surface area contributed by atoms with Crippen molar-refractivity contribution >= 4 is 23.2 Å². The van der Waals surface area contributed by atoms with Crippen LogP contribution in [0, 0.1) is 5.82 Å². The van der Waals surface area contributed by atoms with Crippen LogP contribution in [0.15, 0.2) is 53.5 Å². The van der Waals surface area contributed by atoms with Gasteiger partial charge in [0.25, 0.3) is 0 Å². The molecule has 0 radical (unpaired) electrons. The van der Waals surface area contributed by atoms with Crippen LogP contribution in [0.1, 0.15) is 24.7 Å². The number of rotatable bonds is 7. The summed E-state index contributed by atoms with van der Waals surface area (Å²) in [6.45, 7) is 0.0402. The van der Waals surface area contributed by atoms with E-state index in [4.69, 9.17) is 23.2 Å². The molecule has 4 aromatic rings. The molecule has 0 unspecified atom stereocenters. The number of aliphatic hydroxyl groups excluding tert-OH is 2. The van der Waals surface area contributed by atoms with E-state index in [1.54, 1.807) is 0 Å². The first-order chi connectivity index (χ1) is 17.3. The van der Waals surface area contributed by atoms with Crippen LogP contribution in [0.3, 0.4) is 0 Å². The predicted octanol–water partition coefficient (Wildman–Crippen LogP) is 4.37. The van der Waals surface area contributed by atoms with Gasteiger partial charge in [-0.05, 0) is 36.8 Å². The number of hydrogen-bond acceptors (Lipinski definition) is 5. The lowest BCUT2D eigenvalue weighted by Crippen LogP contribution is -2.37. The first-order valence-corrected chi connectivity index (χ1v) is 11.5. The summed E-state index contributed by atoms with van der Waals surface area (Å²) in [6, 6.07) is 9.57. The molecule has 2 heterocycles. The molecule has 8 nitrogen and oxygen atoms in total. The van der Waals surface area contributed by atoms with E-state index < -0.39 is 36.4 Å². The highest BCUT2D eigenvalue weighted by Crippen LogP contribution is 2.27. The van der Waals surface area contributed by atoms with Crippen LogP contribution in [0.4, 0.5) is 17.6 Å². The average Bonchev–Trinajstić information content (AvgIpc) is 3.38. The molecular formula is C23H19Cl2F4N5O3. The molecule has 14 heteroatoms. The number of nitrogens with zero attached hydrogens (tertiary/aromatic N) is 5. The molecule has 0 aliphatic rings.